The fourth-order valence-electron chi connectivity index (χ4n) is 4.49. The maximum absolute atomic E-state index is 13.6. The average Bonchev–Trinajstić information content (AvgIpc) is 3.57. The number of ether oxygens (including phenoxy) is 1. The van der Waals surface area contributed by atoms with Crippen LogP contribution >= 0.6 is 11.3 Å². The molecule has 4 heterocycles. The third-order valence-electron chi connectivity index (χ3n) is 6.64. The van der Waals surface area contributed by atoms with Crippen molar-refractivity contribution in [2.75, 3.05) is 19.5 Å². The number of thiophene rings is 1. The molecule has 1 N–H and O–H groups in total. The summed E-state index contributed by atoms with van der Waals surface area (Å²) in [6.45, 7) is 8.92. The molecule has 1 aliphatic heterocycles. The van der Waals surface area contributed by atoms with Crippen LogP contribution in [0.15, 0.2) is 60.2 Å². The number of nitrogens with zero attached hydrogens (tertiary/aromatic N) is 3. The van der Waals surface area contributed by atoms with Gasteiger partial charge in [-0.25, -0.2) is 0 Å². The van der Waals surface area contributed by atoms with Gasteiger partial charge < -0.3 is 24.3 Å². The molecule has 0 fully saturated rings. The SMILES string of the molecule is C=O.COc1cc2c(cc1Nc1cccnc1)-c1c(-c3cccs3)cc(C(=O)N(C)C(C)(C)C)n1CC2. The smallest absolute Gasteiger partial charge is 0.270 e. The first kappa shape index (κ1) is 26.2. The number of methoxy groups -OCH3 is 1. The Morgan fingerprint density at radius 1 is 1.16 bits per heavy atom. The van der Waals surface area contributed by atoms with Crippen molar-refractivity contribution in [3.8, 4) is 27.4 Å². The monoisotopic (exact) mass is 516 g/mol. The Bertz CT molecular complexity index is 1390. The quantitative estimate of drug-likeness (QED) is 0.338. The highest BCUT2D eigenvalue weighted by Gasteiger charge is 2.31. The van der Waals surface area contributed by atoms with Crippen LogP contribution in [-0.2, 0) is 17.8 Å². The van der Waals surface area contributed by atoms with Crippen LogP contribution in [0.1, 0.15) is 36.8 Å². The number of carbonyl (C=O) groups is 2. The van der Waals surface area contributed by atoms with Gasteiger partial charge in [0.05, 0.1) is 30.4 Å². The molecule has 1 aliphatic rings. The molecule has 7 nitrogen and oxygen atoms in total. The second-order valence-electron chi connectivity index (χ2n) is 9.78. The van der Waals surface area contributed by atoms with Gasteiger partial charge in [-0.15, -0.1) is 11.3 Å². The second kappa shape index (κ2) is 10.6. The molecule has 0 atom stereocenters. The molecule has 3 aromatic heterocycles. The summed E-state index contributed by atoms with van der Waals surface area (Å²) in [7, 11) is 3.57. The standard InChI is InChI=1S/C28H30N4O2S.CH2O/c1-28(2,3)31(4)27(33)23-16-21(25-9-7-13-35-25)26-20-15-22(30-19-8-6-11-29-17-19)24(34-5)14-18(20)10-12-32(23)26;1-2/h6-9,11,13-17,30H,10,12H2,1-5H3;1H2. The predicted octanol–water partition coefficient (Wildman–Crippen LogP) is 6.27. The molecule has 0 bridgehead atoms. The van der Waals surface area contributed by atoms with Gasteiger partial charge in [0.1, 0.15) is 18.2 Å². The number of hydrogen-bond donors (Lipinski definition) is 1. The van der Waals surface area contributed by atoms with Crippen LogP contribution in [0, 0.1) is 0 Å². The molecule has 0 radical (unpaired) electrons. The minimum atomic E-state index is -0.272. The van der Waals surface area contributed by atoms with Gasteiger partial charge in [-0.2, -0.15) is 0 Å². The number of aromatic nitrogens is 2. The summed E-state index contributed by atoms with van der Waals surface area (Å²) in [4.78, 5) is 28.8. The minimum absolute atomic E-state index is 0.0345. The van der Waals surface area contributed by atoms with Crippen molar-refractivity contribution in [2.45, 2.75) is 39.3 Å². The number of amides is 1. The number of aryl methyl sites for hydroxylation is 1. The molecular weight excluding hydrogens is 484 g/mol. The lowest BCUT2D eigenvalue weighted by atomic mass is 9.94. The largest absolute Gasteiger partial charge is 0.495 e. The summed E-state index contributed by atoms with van der Waals surface area (Å²) < 4.78 is 7.93. The van der Waals surface area contributed by atoms with Crippen LogP contribution in [0.3, 0.4) is 0 Å². The van der Waals surface area contributed by atoms with E-state index in [1.807, 2.05) is 30.9 Å². The molecular formula is C29H32N4O3S. The van der Waals surface area contributed by atoms with E-state index in [4.69, 9.17) is 9.53 Å². The number of carbonyl (C=O) groups excluding carboxylic acids is 2. The van der Waals surface area contributed by atoms with E-state index in [0.29, 0.717) is 0 Å². The molecule has 0 saturated carbocycles. The zero-order chi connectivity index (χ0) is 26.7. The maximum Gasteiger partial charge on any atom is 0.270 e. The highest BCUT2D eigenvalue weighted by atomic mass is 32.1. The van der Waals surface area contributed by atoms with Crippen molar-refractivity contribution in [1.82, 2.24) is 14.5 Å². The molecule has 4 aromatic rings. The van der Waals surface area contributed by atoms with Crippen molar-refractivity contribution < 1.29 is 14.3 Å². The number of fused-ring (bicyclic) bond motifs is 3. The molecule has 37 heavy (non-hydrogen) atoms. The average molecular weight is 517 g/mol. The molecule has 0 aliphatic carbocycles. The van der Waals surface area contributed by atoms with Crippen LogP contribution in [0.2, 0.25) is 0 Å². The third-order valence-corrected chi connectivity index (χ3v) is 7.54. The summed E-state index contributed by atoms with van der Waals surface area (Å²) in [5.41, 5.74) is 6.70. The van der Waals surface area contributed by atoms with Gasteiger partial charge in [-0.05, 0) is 74.5 Å². The van der Waals surface area contributed by atoms with E-state index in [1.54, 1.807) is 30.8 Å². The van der Waals surface area contributed by atoms with Crippen molar-refractivity contribution in [1.29, 1.82) is 0 Å². The highest BCUT2D eigenvalue weighted by Crippen LogP contribution is 2.45. The summed E-state index contributed by atoms with van der Waals surface area (Å²) in [5, 5.41) is 5.54. The number of pyridine rings is 1. The Labute approximate surface area is 221 Å². The van der Waals surface area contributed by atoms with Crippen LogP contribution in [-0.4, -0.2) is 46.8 Å². The Kier molecular flexibility index (Phi) is 7.50. The predicted molar refractivity (Wildman–Crippen MR) is 150 cm³/mol. The Morgan fingerprint density at radius 2 is 1.95 bits per heavy atom. The van der Waals surface area contributed by atoms with Crippen LogP contribution in [0.25, 0.3) is 21.7 Å². The van der Waals surface area contributed by atoms with E-state index in [-0.39, 0.29) is 11.4 Å². The van der Waals surface area contributed by atoms with E-state index in [1.165, 1.54) is 5.56 Å². The molecule has 0 unspecified atom stereocenters. The van der Waals surface area contributed by atoms with Crippen molar-refractivity contribution in [3.05, 3.63) is 71.5 Å². The molecule has 0 spiro atoms. The van der Waals surface area contributed by atoms with Crippen molar-refractivity contribution in [2.24, 2.45) is 0 Å². The molecule has 5 rings (SSSR count). The Hall–Kier alpha value is -3.91. The Balaban J connectivity index is 0.00000156. The van der Waals surface area contributed by atoms with Gasteiger partial charge in [0, 0.05) is 41.3 Å². The summed E-state index contributed by atoms with van der Waals surface area (Å²) in [6, 6.07) is 14.4. The van der Waals surface area contributed by atoms with Crippen LogP contribution < -0.4 is 10.1 Å². The van der Waals surface area contributed by atoms with Gasteiger partial charge in [0.15, 0.2) is 0 Å². The zero-order valence-electron chi connectivity index (χ0n) is 21.9. The molecule has 1 amide bonds. The van der Waals surface area contributed by atoms with E-state index in [0.717, 1.165) is 57.5 Å². The van der Waals surface area contributed by atoms with Gasteiger partial charge in [0.25, 0.3) is 5.91 Å². The van der Waals surface area contributed by atoms with Crippen molar-refractivity contribution >= 4 is 35.4 Å². The first-order valence-electron chi connectivity index (χ1n) is 12.0. The summed E-state index contributed by atoms with van der Waals surface area (Å²) in [5.74, 6) is 0.821. The first-order chi connectivity index (χ1) is 17.8. The fourth-order valence-corrected chi connectivity index (χ4v) is 5.23. The van der Waals surface area contributed by atoms with Gasteiger partial charge >= 0.3 is 0 Å². The minimum Gasteiger partial charge on any atom is -0.495 e. The molecule has 0 saturated heterocycles. The Morgan fingerprint density at radius 3 is 2.57 bits per heavy atom. The lowest BCUT2D eigenvalue weighted by Gasteiger charge is -2.33. The lowest BCUT2D eigenvalue weighted by molar-refractivity contribution is -0.0980. The van der Waals surface area contributed by atoms with Gasteiger partial charge in [-0.1, -0.05) is 6.07 Å². The summed E-state index contributed by atoms with van der Waals surface area (Å²) >= 11 is 1.69. The molecule has 192 valence electrons. The number of benzene rings is 1. The van der Waals surface area contributed by atoms with E-state index in [2.05, 4.69) is 71.4 Å². The third kappa shape index (κ3) is 5.02. The highest BCUT2D eigenvalue weighted by molar-refractivity contribution is 7.13. The number of anilines is 2. The number of nitrogens with one attached hydrogen (secondary N) is 1. The van der Waals surface area contributed by atoms with E-state index < -0.39 is 0 Å². The number of rotatable bonds is 5. The normalized spacial score (nSPS) is 12.0. The second-order valence-corrected chi connectivity index (χ2v) is 10.7. The van der Waals surface area contributed by atoms with Gasteiger partial charge in [0.2, 0.25) is 0 Å². The van der Waals surface area contributed by atoms with E-state index >= 15 is 0 Å². The van der Waals surface area contributed by atoms with Crippen molar-refractivity contribution in [3.63, 3.8) is 0 Å². The fraction of sp³-hybridized carbons (Fsp3) is 0.276. The zero-order valence-corrected chi connectivity index (χ0v) is 22.7. The topological polar surface area (TPSA) is 76.5 Å². The summed E-state index contributed by atoms with van der Waals surface area (Å²) in [6.07, 6.45) is 4.37. The molecule has 8 heteroatoms. The molecule has 1 aromatic carbocycles. The van der Waals surface area contributed by atoms with Gasteiger partial charge in [-0.3, -0.25) is 9.78 Å². The lowest BCUT2D eigenvalue weighted by Crippen LogP contribution is -2.43. The first-order valence-corrected chi connectivity index (χ1v) is 12.9. The maximum atomic E-state index is 13.6. The van der Waals surface area contributed by atoms with E-state index in [9.17, 15) is 4.79 Å². The van der Waals surface area contributed by atoms with Crippen LogP contribution in [0.5, 0.6) is 5.75 Å². The number of hydrogen-bond acceptors (Lipinski definition) is 6. The van der Waals surface area contributed by atoms with Crippen LogP contribution in [0.4, 0.5) is 11.4 Å².